The summed E-state index contributed by atoms with van der Waals surface area (Å²) in [6.45, 7) is 9.69. The Labute approximate surface area is 98.1 Å². The highest BCUT2D eigenvalue weighted by Crippen LogP contribution is 2.31. The Morgan fingerprint density at radius 1 is 1.38 bits per heavy atom. The summed E-state index contributed by atoms with van der Waals surface area (Å²) in [5.74, 6) is 0. The summed E-state index contributed by atoms with van der Waals surface area (Å²) in [5.41, 5.74) is 1.97. The van der Waals surface area contributed by atoms with Crippen LogP contribution in [-0.4, -0.2) is 5.11 Å². The normalized spacial score (nSPS) is 15.6. The summed E-state index contributed by atoms with van der Waals surface area (Å²) in [6, 6.07) is 9.73. The molecule has 16 heavy (non-hydrogen) atoms. The molecule has 1 heteroatoms. The minimum atomic E-state index is -0.908. The molecule has 86 valence electrons. The van der Waals surface area contributed by atoms with E-state index in [4.69, 9.17) is 0 Å². The van der Waals surface area contributed by atoms with Gasteiger partial charge in [-0.15, -0.1) is 0 Å². The summed E-state index contributed by atoms with van der Waals surface area (Å²) in [6.07, 6.45) is 2.78. The van der Waals surface area contributed by atoms with Crippen molar-refractivity contribution in [2.75, 3.05) is 0 Å². The Kier molecular flexibility index (Phi) is 4.08. The predicted molar refractivity (Wildman–Crippen MR) is 69.2 cm³/mol. The van der Waals surface area contributed by atoms with Crippen LogP contribution in [0.4, 0.5) is 0 Å². The van der Waals surface area contributed by atoms with E-state index in [-0.39, 0.29) is 0 Å². The first-order valence-electron chi connectivity index (χ1n) is 5.63. The van der Waals surface area contributed by atoms with Crippen molar-refractivity contribution < 1.29 is 5.11 Å². The molecule has 1 aromatic rings. The number of benzene rings is 1. The Morgan fingerprint density at radius 3 is 2.38 bits per heavy atom. The summed E-state index contributed by atoms with van der Waals surface area (Å²) < 4.78 is 0. The van der Waals surface area contributed by atoms with E-state index in [0.29, 0.717) is 0 Å². The van der Waals surface area contributed by atoms with Gasteiger partial charge in [0.05, 0.1) is 0 Å². The molecule has 1 atom stereocenters. The Hall–Kier alpha value is -1.34. The number of rotatable bonds is 4. The molecular formula is C15H20O. The summed E-state index contributed by atoms with van der Waals surface area (Å²) >= 11 is 0. The lowest BCUT2D eigenvalue weighted by Gasteiger charge is -2.27. The fourth-order valence-electron chi connectivity index (χ4n) is 1.83. The van der Waals surface area contributed by atoms with Crippen molar-refractivity contribution in [3.05, 3.63) is 59.7 Å². The summed E-state index contributed by atoms with van der Waals surface area (Å²) in [4.78, 5) is 0. The van der Waals surface area contributed by atoms with Crippen molar-refractivity contribution >= 4 is 0 Å². The summed E-state index contributed by atoms with van der Waals surface area (Å²) in [5, 5.41) is 10.6. The Morgan fingerprint density at radius 2 is 1.94 bits per heavy atom. The molecule has 0 radical (unpaired) electrons. The number of hydrogen-bond donors (Lipinski definition) is 1. The predicted octanol–water partition coefficient (Wildman–Crippen LogP) is 3.81. The second kappa shape index (κ2) is 5.13. The van der Waals surface area contributed by atoms with Crippen molar-refractivity contribution in [3.8, 4) is 0 Å². The van der Waals surface area contributed by atoms with Gasteiger partial charge in [-0.05, 0) is 31.4 Å². The van der Waals surface area contributed by atoms with Crippen molar-refractivity contribution in [3.63, 3.8) is 0 Å². The van der Waals surface area contributed by atoms with Gasteiger partial charge in [0.2, 0.25) is 0 Å². The van der Waals surface area contributed by atoms with E-state index in [1.807, 2.05) is 57.2 Å². The second-order valence-electron chi connectivity index (χ2n) is 4.31. The molecule has 0 aliphatic carbocycles. The molecule has 0 heterocycles. The van der Waals surface area contributed by atoms with Crippen LogP contribution in [0.5, 0.6) is 0 Å². The number of aliphatic hydroxyl groups is 1. The maximum atomic E-state index is 10.6. The fraction of sp³-hybridized carbons (Fsp3) is 0.333. The van der Waals surface area contributed by atoms with Crippen LogP contribution in [-0.2, 0) is 5.60 Å². The molecule has 0 amide bonds. The second-order valence-corrected chi connectivity index (χ2v) is 4.31. The Bertz CT molecular complexity index is 385. The van der Waals surface area contributed by atoms with Crippen molar-refractivity contribution in [2.24, 2.45) is 0 Å². The van der Waals surface area contributed by atoms with Crippen LogP contribution in [0.2, 0.25) is 0 Å². The highest BCUT2D eigenvalue weighted by molar-refractivity contribution is 5.34. The lowest BCUT2D eigenvalue weighted by atomic mass is 9.85. The molecular weight excluding hydrogens is 196 g/mol. The van der Waals surface area contributed by atoms with Gasteiger partial charge in [-0.25, -0.2) is 0 Å². The number of hydrogen-bond acceptors (Lipinski definition) is 1. The van der Waals surface area contributed by atoms with Gasteiger partial charge in [0.15, 0.2) is 0 Å². The first-order valence-corrected chi connectivity index (χ1v) is 5.63. The zero-order chi connectivity index (χ0) is 12.2. The van der Waals surface area contributed by atoms with Gasteiger partial charge in [0.1, 0.15) is 5.60 Å². The largest absolute Gasteiger partial charge is 0.381 e. The van der Waals surface area contributed by atoms with E-state index in [1.165, 1.54) is 0 Å². The molecule has 0 unspecified atom stereocenters. The van der Waals surface area contributed by atoms with Crippen LogP contribution in [0, 0.1) is 0 Å². The van der Waals surface area contributed by atoms with E-state index < -0.39 is 5.60 Å². The molecule has 0 aromatic heterocycles. The smallest absolute Gasteiger partial charge is 0.108 e. The van der Waals surface area contributed by atoms with Gasteiger partial charge < -0.3 is 5.11 Å². The first-order chi connectivity index (χ1) is 7.48. The van der Waals surface area contributed by atoms with E-state index in [2.05, 4.69) is 6.58 Å². The number of allylic oxidation sites excluding steroid dienone is 2. The van der Waals surface area contributed by atoms with Crippen molar-refractivity contribution in [1.82, 2.24) is 0 Å². The molecule has 0 fully saturated rings. The topological polar surface area (TPSA) is 20.2 Å². The van der Waals surface area contributed by atoms with Crippen LogP contribution in [0.25, 0.3) is 0 Å². The molecule has 1 N–H and O–H groups in total. The van der Waals surface area contributed by atoms with Crippen molar-refractivity contribution in [2.45, 2.75) is 32.8 Å². The average Bonchev–Trinajstić information content (AvgIpc) is 2.26. The molecule has 1 nitrogen and oxygen atoms in total. The lowest BCUT2D eigenvalue weighted by Crippen LogP contribution is -2.23. The van der Waals surface area contributed by atoms with Gasteiger partial charge in [-0.3, -0.25) is 0 Å². The Balaban J connectivity index is 3.14. The monoisotopic (exact) mass is 216 g/mol. The van der Waals surface area contributed by atoms with Crippen LogP contribution in [0.15, 0.2) is 54.1 Å². The maximum Gasteiger partial charge on any atom is 0.108 e. The molecule has 0 spiro atoms. The molecule has 0 aliphatic heterocycles. The lowest BCUT2D eigenvalue weighted by molar-refractivity contribution is 0.0942. The zero-order valence-electron chi connectivity index (χ0n) is 10.3. The van der Waals surface area contributed by atoms with E-state index >= 15 is 0 Å². The van der Waals surface area contributed by atoms with Crippen LogP contribution in [0.3, 0.4) is 0 Å². The molecule has 0 saturated heterocycles. The third-order valence-electron chi connectivity index (χ3n) is 2.76. The molecule has 0 saturated carbocycles. The van der Waals surface area contributed by atoms with Crippen LogP contribution >= 0.6 is 0 Å². The van der Waals surface area contributed by atoms with Gasteiger partial charge in [-0.1, -0.05) is 55.5 Å². The molecule has 1 aromatic carbocycles. The van der Waals surface area contributed by atoms with Gasteiger partial charge in [0.25, 0.3) is 0 Å². The van der Waals surface area contributed by atoms with Gasteiger partial charge in [-0.2, -0.15) is 0 Å². The molecule has 0 aliphatic rings. The van der Waals surface area contributed by atoms with E-state index in [9.17, 15) is 5.11 Å². The highest BCUT2D eigenvalue weighted by Gasteiger charge is 2.26. The van der Waals surface area contributed by atoms with E-state index in [1.54, 1.807) is 0 Å². The maximum absolute atomic E-state index is 10.6. The SMILES string of the molecule is C=C(C)/C=C(\CC)[C@](C)(O)c1ccccc1. The van der Waals surface area contributed by atoms with Gasteiger partial charge >= 0.3 is 0 Å². The highest BCUT2D eigenvalue weighted by atomic mass is 16.3. The molecule has 1 rings (SSSR count). The summed E-state index contributed by atoms with van der Waals surface area (Å²) in [7, 11) is 0. The van der Waals surface area contributed by atoms with Gasteiger partial charge in [0, 0.05) is 0 Å². The zero-order valence-corrected chi connectivity index (χ0v) is 10.3. The third-order valence-corrected chi connectivity index (χ3v) is 2.76. The minimum absolute atomic E-state index is 0.814. The van der Waals surface area contributed by atoms with Crippen molar-refractivity contribution in [1.29, 1.82) is 0 Å². The molecule has 0 bridgehead atoms. The van der Waals surface area contributed by atoms with E-state index in [0.717, 1.165) is 23.1 Å². The fourth-order valence-corrected chi connectivity index (χ4v) is 1.83. The average molecular weight is 216 g/mol. The first kappa shape index (κ1) is 12.7. The minimum Gasteiger partial charge on any atom is -0.381 e. The van der Waals surface area contributed by atoms with Crippen LogP contribution < -0.4 is 0 Å². The standard InChI is InChI=1S/C15H20O/c1-5-13(11-12(2)3)15(4,16)14-9-7-6-8-10-14/h6-11,16H,2,5H2,1,3-4H3/b13-11+/t15-/m0/s1. The third kappa shape index (κ3) is 2.83. The van der Waals surface area contributed by atoms with Crippen LogP contribution in [0.1, 0.15) is 32.8 Å². The quantitative estimate of drug-likeness (QED) is 0.759.